The summed E-state index contributed by atoms with van der Waals surface area (Å²) in [6.07, 6.45) is 3.59. The summed E-state index contributed by atoms with van der Waals surface area (Å²) >= 11 is 1.86. The van der Waals surface area contributed by atoms with E-state index in [2.05, 4.69) is 36.6 Å². The van der Waals surface area contributed by atoms with Crippen molar-refractivity contribution in [3.05, 3.63) is 57.5 Å². The fraction of sp³-hybridized carbons (Fsp3) is 0.333. The van der Waals surface area contributed by atoms with Crippen molar-refractivity contribution in [1.29, 1.82) is 0 Å². The van der Waals surface area contributed by atoms with Gasteiger partial charge in [-0.25, -0.2) is 0 Å². The van der Waals surface area contributed by atoms with E-state index in [0.29, 0.717) is 5.92 Å². The van der Waals surface area contributed by atoms with Crippen LogP contribution in [0.1, 0.15) is 46.6 Å². The quantitative estimate of drug-likeness (QED) is 0.729. The highest BCUT2D eigenvalue weighted by Gasteiger charge is 2.29. The predicted molar refractivity (Wildman–Crippen MR) is 87.9 cm³/mol. The number of hydrogen-bond donors (Lipinski definition) is 1. The first-order chi connectivity index (χ1) is 10.2. The van der Waals surface area contributed by atoms with Gasteiger partial charge in [-0.2, -0.15) is 0 Å². The van der Waals surface area contributed by atoms with Crippen LogP contribution < -0.4 is 5.73 Å². The SMILES string of the molecule is Cc1ccc2oc(C(N)C3CCCc4sccc43)cc2c1. The van der Waals surface area contributed by atoms with E-state index in [1.54, 1.807) is 0 Å². The number of rotatable bonds is 2. The van der Waals surface area contributed by atoms with Crippen LogP contribution >= 0.6 is 11.3 Å². The fourth-order valence-electron chi connectivity index (χ4n) is 3.44. The molecule has 108 valence electrons. The van der Waals surface area contributed by atoms with Crippen molar-refractivity contribution in [3.8, 4) is 0 Å². The molecule has 1 aromatic carbocycles. The van der Waals surface area contributed by atoms with Gasteiger partial charge in [0.05, 0.1) is 6.04 Å². The molecule has 0 saturated heterocycles. The van der Waals surface area contributed by atoms with Crippen LogP contribution in [0.15, 0.2) is 40.1 Å². The molecular formula is C18H19NOS. The Balaban J connectivity index is 1.72. The fourth-order valence-corrected chi connectivity index (χ4v) is 4.44. The topological polar surface area (TPSA) is 39.2 Å². The van der Waals surface area contributed by atoms with E-state index < -0.39 is 0 Å². The average Bonchev–Trinajstić information content (AvgIpc) is 3.11. The van der Waals surface area contributed by atoms with E-state index >= 15 is 0 Å². The monoisotopic (exact) mass is 297 g/mol. The molecule has 0 saturated carbocycles. The highest BCUT2D eigenvalue weighted by Crippen LogP contribution is 2.42. The highest BCUT2D eigenvalue weighted by atomic mass is 32.1. The van der Waals surface area contributed by atoms with Crippen molar-refractivity contribution in [2.45, 2.75) is 38.1 Å². The molecule has 0 aliphatic heterocycles. The lowest BCUT2D eigenvalue weighted by molar-refractivity contribution is 0.410. The molecule has 1 aliphatic carbocycles. The Kier molecular flexibility index (Phi) is 3.12. The summed E-state index contributed by atoms with van der Waals surface area (Å²) in [5.41, 5.74) is 10.2. The molecular weight excluding hydrogens is 278 g/mol. The van der Waals surface area contributed by atoms with Crippen LogP contribution in [-0.4, -0.2) is 0 Å². The molecule has 1 aliphatic rings. The lowest BCUT2D eigenvalue weighted by Crippen LogP contribution is -2.22. The number of nitrogens with two attached hydrogens (primary N) is 1. The third-order valence-electron chi connectivity index (χ3n) is 4.55. The molecule has 2 aromatic heterocycles. The third kappa shape index (κ3) is 2.21. The van der Waals surface area contributed by atoms with Crippen molar-refractivity contribution < 1.29 is 4.42 Å². The maximum atomic E-state index is 6.56. The van der Waals surface area contributed by atoms with E-state index in [1.807, 2.05) is 17.4 Å². The smallest absolute Gasteiger partial charge is 0.134 e. The van der Waals surface area contributed by atoms with Crippen LogP contribution in [-0.2, 0) is 6.42 Å². The molecule has 2 atom stereocenters. The second-order valence-corrected chi connectivity index (χ2v) is 7.01. The van der Waals surface area contributed by atoms with Gasteiger partial charge < -0.3 is 10.2 Å². The van der Waals surface area contributed by atoms with Crippen molar-refractivity contribution in [2.24, 2.45) is 5.73 Å². The molecule has 0 spiro atoms. The van der Waals surface area contributed by atoms with E-state index in [1.165, 1.54) is 28.8 Å². The van der Waals surface area contributed by atoms with Crippen LogP contribution in [0.4, 0.5) is 0 Å². The summed E-state index contributed by atoms with van der Waals surface area (Å²) in [5, 5.41) is 3.35. The second-order valence-electron chi connectivity index (χ2n) is 6.01. The van der Waals surface area contributed by atoms with Gasteiger partial charge in [0.15, 0.2) is 0 Å². The molecule has 0 fully saturated rings. The maximum absolute atomic E-state index is 6.56. The normalized spacial score (nSPS) is 19.6. The zero-order valence-electron chi connectivity index (χ0n) is 12.1. The number of hydrogen-bond acceptors (Lipinski definition) is 3. The Labute approximate surface area is 128 Å². The Morgan fingerprint density at radius 3 is 3.10 bits per heavy atom. The zero-order chi connectivity index (χ0) is 14.4. The van der Waals surface area contributed by atoms with Crippen molar-refractivity contribution in [3.63, 3.8) is 0 Å². The Hall–Kier alpha value is -1.58. The van der Waals surface area contributed by atoms with E-state index in [0.717, 1.165) is 23.2 Å². The van der Waals surface area contributed by atoms with Crippen molar-refractivity contribution in [2.75, 3.05) is 0 Å². The molecule has 21 heavy (non-hydrogen) atoms. The number of thiophene rings is 1. The summed E-state index contributed by atoms with van der Waals surface area (Å²) < 4.78 is 6.01. The van der Waals surface area contributed by atoms with E-state index in [9.17, 15) is 0 Å². The van der Waals surface area contributed by atoms with Crippen LogP contribution in [0.5, 0.6) is 0 Å². The lowest BCUT2D eigenvalue weighted by Gasteiger charge is -2.26. The van der Waals surface area contributed by atoms with Crippen LogP contribution in [0.25, 0.3) is 11.0 Å². The van der Waals surface area contributed by atoms with Crippen LogP contribution in [0, 0.1) is 6.92 Å². The lowest BCUT2D eigenvalue weighted by atomic mass is 9.82. The van der Waals surface area contributed by atoms with Crippen molar-refractivity contribution in [1.82, 2.24) is 0 Å². The average molecular weight is 297 g/mol. The highest BCUT2D eigenvalue weighted by molar-refractivity contribution is 7.10. The predicted octanol–water partition coefficient (Wildman–Crippen LogP) is 4.92. The van der Waals surface area contributed by atoms with Crippen LogP contribution in [0.2, 0.25) is 0 Å². The first kappa shape index (κ1) is 13.1. The number of furan rings is 1. The second kappa shape index (κ2) is 5.00. The Morgan fingerprint density at radius 2 is 2.19 bits per heavy atom. The van der Waals surface area contributed by atoms with E-state index in [4.69, 9.17) is 10.2 Å². The minimum atomic E-state index is -0.0497. The van der Waals surface area contributed by atoms with Gasteiger partial charge in [0, 0.05) is 16.2 Å². The van der Waals surface area contributed by atoms with E-state index in [-0.39, 0.29) is 6.04 Å². The molecule has 2 heterocycles. The Bertz CT molecular complexity index is 785. The largest absolute Gasteiger partial charge is 0.459 e. The summed E-state index contributed by atoms with van der Waals surface area (Å²) in [7, 11) is 0. The van der Waals surface area contributed by atoms with Gasteiger partial charge >= 0.3 is 0 Å². The maximum Gasteiger partial charge on any atom is 0.134 e. The Morgan fingerprint density at radius 1 is 1.29 bits per heavy atom. The standard InChI is InChI=1S/C18H19NOS/c1-11-5-6-15-12(9-11)10-16(20-15)18(19)14-3-2-4-17-13(14)7-8-21-17/h5-10,14,18H,2-4,19H2,1H3. The summed E-state index contributed by atoms with van der Waals surface area (Å²) in [5.74, 6) is 1.31. The first-order valence-corrected chi connectivity index (χ1v) is 8.42. The summed E-state index contributed by atoms with van der Waals surface area (Å²) in [6.45, 7) is 2.10. The first-order valence-electron chi connectivity index (χ1n) is 7.54. The zero-order valence-corrected chi connectivity index (χ0v) is 13.0. The summed E-state index contributed by atoms with van der Waals surface area (Å²) in [6, 6.07) is 10.6. The number of fused-ring (bicyclic) bond motifs is 2. The number of aryl methyl sites for hydroxylation is 2. The minimum Gasteiger partial charge on any atom is -0.459 e. The van der Waals surface area contributed by atoms with Gasteiger partial charge in [-0.15, -0.1) is 11.3 Å². The molecule has 2 nitrogen and oxygen atoms in total. The van der Waals surface area contributed by atoms with Gasteiger partial charge in [0.1, 0.15) is 11.3 Å². The third-order valence-corrected chi connectivity index (χ3v) is 5.55. The molecule has 2 unspecified atom stereocenters. The molecule has 3 aromatic rings. The van der Waals surface area contributed by atoms with Gasteiger partial charge in [0.2, 0.25) is 0 Å². The molecule has 2 N–H and O–H groups in total. The molecule has 0 amide bonds. The molecule has 0 radical (unpaired) electrons. The molecule has 0 bridgehead atoms. The summed E-state index contributed by atoms with van der Waals surface area (Å²) in [4.78, 5) is 1.51. The van der Waals surface area contributed by atoms with Crippen molar-refractivity contribution >= 4 is 22.3 Å². The van der Waals surface area contributed by atoms with Gasteiger partial charge in [-0.05, 0) is 61.4 Å². The van der Waals surface area contributed by atoms with Gasteiger partial charge in [-0.3, -0.25) is 0 Å². The van der Waals surface area contributed by atoms with Gasteiger partial charge in [0.25, 0.3) is 0 Å². The minimum absolute atomic E-state index is 0.0497. The number of benzene rings is 1. The molecule has 4 rings (SSSR count). The molecule has 3 heteroatoms. The van der Waals surface area contributed by atoms with Crippen LogP contribution in [0.3, 0.4) is 0 Å². The van der Waals surface area contributed by atoms with Gasteiger partial charge in [-0.1, -0.05) is 11.6 Å².